The summed E-state index contributed by atoms with van der Waals surface area (Å²) in [6, 6.07) is 5.66. The molecule has 0 aromatic heterocycles. The van der Waals surface area contributed by atoms with E-state index >= 15 is 0 Å². The minimum atomic E-state index is -0.0460. The topological polar surface area (TPSA) is 55.1 Å². The molecule has 0 radical (unpaired) electrons. The van der Waals surface area contributed by atoms with E-state index in [1.165, 1.54) is 6.42 Å². The van der Waals surface area contributed by atoms with Gasteiger partial charge in [0.1, 0.15) is 0 Å². The highest BCUT2D eigenvalue weighted by Crippen LogP contribution is 2.48. The van der Waals surface area contributed by atoms with Crippen molar-refractivity contribution in [3.05, 3.63) is 28.8 Å². The van der Waals surface area contributed by atoms with E-state index in [4.69, 9.17) is 17.3 Å². The van der Waals surface area contributed by atoms with E-state index in [1.54, 1.807) is 0 Å². The fraction of sp³-hybridized carbons (Fsp3) is 0.533. The smallest absolute Gasteiger partial charge is 0.229 e. The molecule has 1 aromatic carbocycles. The summed E-state index contributed by atoms with van der Waals surface area (Å²) >= 11 is 6.12. The summed E-state index contributed by atoms with van der Waals surface area (Å²) in [5.74, 6) is 0.986. The number of hydrogen-bond acceptors (Lipinski definition) is 2. The van der Waals surface area contributed by atoms with Gasteiger partial charge in [-0.25, -0.2) is 0 Å². The Balaban J connectivity index is 1.77. The lowest BCUT2D eigenvalue weighted by Gasteiger charge is -2.27. The van der Waals surface area contributed by atoms with Crippen LogP contribution in [0.4, 0.5) is 5.69 Å². The standard InChI is InChI=1S/C15H19ClN2O/c1-8-2-5-11(16)12(6-8)18-15(19)13-9-3-4-10(7-9)14(13)17/h2,5-6,9-10,13-14H,3-4,7,17H2,1H3,(H,18,19). The summed E-state index contributed by atoms with van der Waals surface area (Å²) in [4.78, 5) is 12.4. The van der Waals surface area contributed by atoms with Crippen LogP contribution in [0, 0.1) is 24.7 Å². The lowest BCUT2D eigenvalue weighted by molar-refractivity contribution is -0.121. The molecule has 2 saturated carbocycles. The van der Waals surface area contributed by atoms with Crippen LogP contribution in [-0.4, -0.2) is 11.9 Å². The van der Waals surface area contributed by atoms with Crippen molar-refractivity contribution in [2.75, 3.05) is 5.32 Å². The molecule has 1 amide bonds. The normalized spacial score (nSPS) is 32.6. The summed E-state index contributed by atoms with van der Waals surface area (Å²) in [5.41, 5.74) is 7.97. The number of aryl methyl sites for hydroxylation is 1. The zero-order valence-electron chi connectivity index (χ0n) is 11.0. The predicted molar refractivity (Wildman–Crippen MR) is 77.1 cm³/mol. The fourth-order valence-corrected chi connectivity index (χ4v) is 3.84. The molecule has 1 aromatic rings. The van der Waals surface area contributed by atoms with Crippen molar-refractivity contribution >= 4 is 23.2 Å². The second-order valence-corrected chi connectivity index (χ2v) is 6.32. The largest absolute Gasteiger partial charge is 0.327 e. The van der Waals surface area contributed by atoms with Crippen LogP contribution in [0.15, 0.2) is 18.2 Å². The van der Waals surface area contributed by atoms with Gasteiger partial charge in [-0.2, -0.15) is 0 Å². The van der Waals surface area contributed by atoms with Gasteiger partial charge in [-0.3, -0.25) is 4.79 Å². The van der Waals surface area contributed by atoms with Gasteiger partial charge in [0, 0.05) is 6.04 Å². The Bertz CT molecular complexity index is 515. The first kappa shape index (κ1) is 12.9. The van der Waals surface area contributed by atoms with Crippen molar-refractivity contribution in [3.63, 3.8) is 0 Å². The molecule has 3 N–H and O–H groups in total. The molecule has 3 rings (SSSR count). The maximum Gasteiger partial charge on any atom is 0.229 e. The number of anilines is 1. The molecule has 2 aliphatic carbocycles. The van der Waals surface area contributed by atoms with Gasteiger partial charge in [-0.15, -0.1) is 0 Å². The van der Waals surface area contributed by atoms with Gasteiger partial charge in [0.05, 0.1) is 16.6 Å². The molecular formula is C15H19ClN2O. The highest BCUT2D eigenvalue weighted by Gasteiger charge is 2.49. The van der Waals surface area contributed by atoms with Crippen molar-refractivity contribution in [2.45, 2.75) is 32.2 Å². The van der Waals surface area contributed by atoms with E-state index in [-0.39, 0.29) is 17.9 Å². The number of nitrogens with one attached hydrogen (secondary N) is 1. The number of amides is 1. The van der Waals surface area contributed by atoms with E-state index in [9.17, 15) is 4.79 Å². The molecule has 4 unspecified atom stereocenters. The molecule has 4 heteroatoms. The maximum atomic E-state index is 12.4. The number of halogens is 1. The van der Waals surface area contributed by atoms with Crippen LogP contribution in [0.2, 0.25) is 5.02 Å². The number of nitrogens with two attached hydrogens (primary N) is 1. The van der Waals surface area contributed by atoms with Gasteiger partial charge in [0.15, 0.2) is 0 Å². The first-order valence-electron chi connectivity index (χ1n) is 6.89. The van der Waals surface area contributed by atoms with Crippen molar-refractivity contribution in [3.8, 4) is 0 Å². The molecule has 0 spiro atoms. The lowest BCUT2D eigenvalue weighted by Crippen LogP contribution is -2.42. The van der Waals surface area contributed by atoms with Crippen molar-refractivity contribution in [1.82, 2.24) is 0 Å². The SMILES string of the molecule is Cc1ccc(Cl)c(NC(=O)C2C3CCC(C3)C2N)c1. The Labute approximate surface area is 118 Å². The number of rotatable bonds is 2. The number of hydrogen-bond donors (Lipinski definition) is 2. The van der Waals surface area contributed by atoms with E-state index in [2.05, 4.69) is 5.32 Å². The highest BCUT2D eigenvalue weighted by atomic mass is 35.5. The summed E-state index contributed by atoms with van der Waals surface area (Å²) in [5, 5.41) is 3.54. The van der Waals surface area contributed by atoms with Crippen LogP contribution in [0.1, 0.15) is 24.8 Å². The Hall–Kier alpha value is -1.06. The second-order valence-electron chi connectivity index (χ2n) is 5.91. The number of fused-ring (bicyclic) bond motifs is 2. The van der Waals surface area contributed by atoms with Gasteiger partial charge < -0.3 is 11.1 Å². The summed E-state index contributed by atoms with van der Waals surface area (Å²) in [6.45, 7) is 1.98. The first-order valence-corrected chi connectivity index (χ1v) is 7.26. The average Bonchev–Trinajstić information content (AvgIpc) is 2.94. The van der Waals surface area contributed by atoms with Crippen LogP contribution in [0.25, 0.3) is 0 Å². The molecule has 2 aliphatic rings. The van der Waals surface area contributed by atoms with E-state index in [0.29, 0.717) is 22.5 Å². The van der Waals surface area contributed by atoms with Crippen molar-refractivity contribution < 1.29 is 4.79 Å². The summed E-state index contributed by atoms with van der Waals surface area (Å²) < 4.78 is 0. The van der Waals surface area contributed by atoms with E-state index in [0.717, 1.165) is 18.4 Å². The quantitative estimate of drug-likeness (QED) is 0.874. The Morgan fingerprint density at radius 1 is 1.37 bits per heavy atom. The Morgan fingerprint density at radius 2 is 2.11 bits per heavy atom. The third-order valence-electron chi connectivity index (χ3n) is 4.66. The van der Waals surface area contributed by atoms with Crippen LogP contribution >= 0.6 is 11.6 Å². The second kappa shape index (κ2) is 4.80. The van der Waals surface area contributed by atoms with Gasteiger partial charge in [0.2, 0.25) is 5.91 Å². The molecule has 2 fully saturated rings. The third kappa shape index (κ3) is 2.26. The van der Waals surface area contributed by atoms with Crippen LogP contribution < -0.4 is 11.1 Å². The number of carbonyl (C=O) groups excluding carboxylic acids is 1. The predicted octanol–water partition coefficient (Wildman–Crippen LogP) is 2.96. The van der Waals surface area contributed by atoms with Crippen molar-refractivity contribution in [1.29, 1.82) is 0 Å². The fourth-order valence-electron chi connectivity index (χ4n) is 3.68. The molecule has 0 saturated heterocycles. The Morgan fingerprint density at radius 3 is 2.79 bits per heavy atom. The molecule has 4 atom stereocenters. The highest BCUT2D eigenvalue weighted by molar-refractivity contribution is 6.33. The number of carbonyl (C=O) groups is 1. The zero-order valence-corrected chi connectivity index (χ0v) is 11.8. The molecule has 19 heavy (non-hydrogen) atoms. The molecule has 0 heterocycles. The first-order chi connectivity index (χ1) is 9.06. The van der Waals surface area contributed by atoms with E-state index in [1.807, 2.05) is 25.1 Å². The van der Waals surface area contributed by atoms with Gasteiger partial charge >= 0.3 is 0 Å². The lowest BCUT2D eigenvalue weighted by atomic mass is 9.84. The van der Waals surface area contributed by atoms with Crippen LogP contribution in [-0.2, 0) is 4.79 Å². The molecular weight excluding hydrogens is 260 g/mol. The van der Waals surface area contributed by atoms with Crippen LogP contribution in [0.5, 0.6) is 0 Å². The average molecular weight is 279 g/mol. The van der Waals surface area contributed by atoms with Gasteiger partial charge in [-0.1, -0.05) is 17.7 Å². The zero-order chi connectivity index (χ0) is 13.6. The Kier molecular flexibility index (Phi) is 3.27. The molecule has 3 nitrogen and oxygen atoms in total. The molecule has 0 aliphatic heterocycles. The summed E-state index contributed by atoms with van der Waals surface area (Å²) in [6.07, 6.45) is 3.43. The van der Waals surface area contributed by atoms with Crippen molar-refractivity contribution in [2.24, 2.45) is 23.5 Å². The van der Waals surface area contributed by atoms with E-state index < -0.39 is 0 Å². The third-order valence-corrected chi connectivity index (χ3v) is 4.99. The van der Waals surface area contributed by atoms with Gasteiger partial charge in [-0.05, 0) is 55.7 Å². The summed E-state index contributed by atoms with van der Waals surface area (Å²) in [7, 11) is 0. The minimum Gasteiger partial charge on any atom is -0.327 e. The monoisotopic (exact) mass is 278 g/mol. The van der Waals surface area contributed by atoms with Crippen LogP contribution in [0.3, 0.4) is 0 Å². The molecule has 2 bridgehead atoms. The van der Waals surface area contributed by atoms with Gasteiger partial charge in [0.25, 0.3) is 0 Å². The number of benzene rings is 1. The molecule has 102 valence electrons. The minimum absolute atomic E-state index is 0.0161. The maximum absolute atomic E-state index is 12.4.